The Kier molecular flexibility index (Phi) is 5.82. The van der Waals surface area contributed by atoms with E-state index in [1.54, 1.807) is 0 Å². The minimum atomic E-state index is 0.416. The predicted molar refractivity (Wildman–Crippen MR) is 59.6 cm³/mol. The van der Waals surface area contributed by atoms with Gasteiger partial charge in [-0.25, -0.2) is 0 Å². The van der Waals surface area contributed by atoms with Gasteiger partial charge < -0.3 is 5.32 Å². The first-order chi connectivity index (χ1) is 6.02. The van der Waals surface area contributed by atoms with Crippen LogP contribution in [0.1, 0.15) is 46.5 Å². The zero-order chi connectivity index (χ0) is 10.3. The summed E-state index contributed by atoms with van der Waals surface area (Å²) in [5.41, 5.74) is 0.416. The van der Waals surface area contributed by atoms with Gasteiger partial charge in [0, 0.05) is 12.5 Å². The largest absolute Gasteiger partial charge is 0.317 e. The zero-order valence-electron chi connectivity index (χ0n) is 9.48. The van der Waals surface area contributed by atoms with Gasteiger partial charge >= 0.3 is 0 Å². The average molecular weight is 181 g/mol. The van der Waals surface area contributed by atoms with Crippen LogP contribution < -0.4 is 5.32 Å². The normalized spacial score (nSPS) is 13.8. The van der Waals surface area contributed by atoms with Crippen LogP contribution in [0.4, 0.5) is 0 Å². The lowest BCUT2D eigenvalue weighted by atomic mass is 9.81. The van der Waals surface area contributed by atoms with Crippen molar-refractivity contribution in [3.05, 3.63) is 0 Å². The van der Waals surface area contributed by atoms with Gasteiger partial charge in [-0.3, -0.25) is 0 Å². The highest BCUT2D eigenvalue weighted by atomic mass is 14.9. The zero-order valence-corrected chi connectivity index (χ0v) is 9.48. The lowest BCUT2D eigenvalue weighted by Crippen LogP contribution is -2.28. The van der Waals surface area contributed by atoms with Crippen LogP contribution in [0.25, 0.3) is 0 Å². The molecule has 0 amide bonds. The topological polar surface area (TPSA) is 12.0 Å². The fourth-order valence-electron chi connectivity index (χ4n) is 1.70. The molecule has 1 unspecified atom stereocenters. The first-order valence-corrected chi connectivity index (χ1v) is 5.12. The summed E-state index contributed by atoms with van der Waals surface area (Å²) >= 11 is 0. The minimum Gasteiger partial charge on any atom is -0.317 e. The molecule has 0 rings (SSSR count). The maximum Gasteiger partial charge on any atom is 0.00862 e. The number of hydrogen-bond donors (Lipinski definition) is 1. The Hall–Kier alpha value is -0.480. The Morgan fingerprint density at radius 1 is 1.46 bits per heavy atom. The second-order valence-electron chi connectivity index (χ2n) is 4.62. The molecule has 76 valence electrons. The number of hydrogen-bond acceptors (Lipinski definition) is 1. The average Bonchev–Trinajstić information content (AvgIpc) is 2.03. The van der Waals surface area contributed by atoms with E-state index < -0.39 is 0 Å². The van der Waals surface area contributed by atoms with Crippen LogP contribution in [0, 0.1) is 17.8 Å². The third kappa shape index (κ3) is 6.66. The molecule has 0 aliphatic carbocycles. The van der Waals surface area contributed by atoms with Crippen LogP contribution in [-0.2, 0) is 0 Å². The highest BCUT2D eigenvalue weighted by Gasteiger charge is 2.19. The van der Waals surface area contributed by atoms with Crippen molar-refractivity contribution in [3.8, 4) is 12.3 Å². The summed E-state index contributed by atoms with van der Waals surface area (Å²) in [6, 6.07) is 0.598. The third-order valence-corrected chi connectivity index (χ3v) is 2.53. The molecule has 0 bridgehead atoms. The summed E-state index contributed by atoms with van der Waals surface area (Å²) in [6.07, 6.45) is 9.73. The van der Waals surface area contributed by atoms with E-state index in [2.05, 4.69) is 32.0 Å². The van der Waals surface area contributed by atoms with E-state index in [9.17, 15) is 0 Å². The van der Waals surface area contributed by atoms with Crippen molar-refractivity contribution >= 4 is 0 Å². The summed E-state index contributed by atoms with van der Waals surface area (Å²) in [5.74, 6) is 2.69. The molecule has 1 heteroatoms. The molecule has 0 heterocycles. The Bertz CT molecular complexity index is 164. The second-order valence-corrected chi connectivity index (χ2v) is 4.62. The fourth-order valence-corrected chi connectivity index (χ4v) is 1.70. The molecular weight excluding hydrogens is 158 g/mol. The molecule has 0 aliphatic rings. The number of unbranched alkanes of at least 4 members (excludes halogenated alkanes) is 1. The molecule has 1 atom stereocenters. The van der Waals surface area contributed by atoms with Crippen LogP contribution >= 0.6 is 0 Å². The van der Waals surface area contributed by atoms with Gasteiger partial charge in [0.15, 0.2) is 0 Å². The van der Waals surface area contributed by atoms with E-state index in [1.807, 2.05) is 7.05 Å². The van der Waals surface area contributed by atoms with E-state index in [1.165, 1.54) is 12.8 Å². The number of terminal acetylenes is 1. The SMILES string of the molecule is C#CCCCC(C)(C)CC(C)NC. The van der Waals surface area contributed by atoms with E-state index in [0.717, 1.165) is 12.8 Å². The van der Waals surface area contributed by atoms with Crippen molar-refractivity contribution in [1.82, 2.24) is 5.32 Å². The van der Waals surface area contributed by atoms with E-state index in [0.29, 0.717) is 11.5 Å². The maximum absolute atomic E-state index is 5.22. The van der Waals surface area contributed by atoms with Crippen LogP contribution in [-0.4, -0.2) is 13.1 Å². The van der Waals surface area contributed by atoms with Gasteiger partial charge in [0.2, 0.25) is 0 Å². The lowest BCUT2D eigenvalue weighted by molar-refractivity contribution is 0.268. The molecule has 0 radical (unpaired) electrons. The second kappa shape index (κ2) is 6.05. The van der Waals surface area contributed by atoms with Crippen molar-refractivity contribution in [3.63, 3.8) is 0 Å². The summed E-state index contributed by atoms with van der Waals surface area (Å²) in [6.45, 7) is 6.86. The summed E-state index contributed by atoms with van der Waals surface area (Å²) in [5, 5.41) is 3.27. The minimum absolute atomic E-state index is 0.416. The van der Waals surface area contributed by atoms with Gasteiger partial charge in [0.1, 0.15) is 0 Å². The van der Waals surface area contributed by atoms with Crippen molar-refractivity contribution in [2.45, 2.75) is 52.5 Å². The monoisotopic (exact) mass is 181 g/mol. The molecule has 0 saturated heterocycles. The lowest BCUT2D eigenvalue weighted by Gasteiger charge is -2.27. The molecule has 0 aromatic carbocycles. The van der Waals surface area contributed by atoms with Crippen molar-refractivity contribution in [1.29, 1.82) is 0 Å². The maximum atomic E-state index is 5.22. The molecule has 0 aliphatic heterocycles. The van der Waals surface area contributed by atoms with Gasteiger partial charge in [0.25, 0.3) is 0 Å². The molecular formula is C12H23N. The van der Waals surface area contributed by atoms with Gasteiger partial charge in [0.05, 0.1) is 0 Å². The highest BCUT2D eigenvalue weighted by Crippen LogP contribution is 2.28. The van der Waals surface area contributed by atoms with Gasteiger partial charge in [-0.05, 0) is 38.6 Å². The van der Waals surface area contributed by atoms with Crippen molar-refractivity contribution in [2.75, 3.05) is 7.05 Å². The quantitative estimate of drug-likeness (QED) is 0.491. The van der Waals surface area contributed by atoms with E-state index >= 15 is 0 Å². The molecule has 1 N–H and O–H groups in total. The summed E-state index contributed by atoms with van der Waals surface area (Å²) in [4.78, 5) is 0. The van der Waals surface area contributed by atoms with Crippen LogP contribution in [0.5, 0.6) is 0 Å². The first-order valence-electron chi connectivity index (χ1n) is 5.12. The van der Waals surface area contributed by atoms with Crippen molar-refractivity contribution < 1.29 is 0 Å². The molecule has 0 aromatic heterocycles. The molecule has 1 nitrogen and oxygen atoms in total. The summed E-state index contributed by atoms with van der Waals surface area (Å²) < 4.78 is 0. The predicted octanol–water partition coefficient (Wildman–Crippen LogP) is 2.81. The van der Waals surface area contributed by atoms with E-state index in [-0.39, 0.29) is 0 Å². The highest BCUT2D eigenvalue weighted by molar-refractivity contribution is 4.84. The van der Waals surface area contributed by atoms with Gasteiger partial charge in [-0.2, -0.15) is 0 Å². The Labute approximate surface area is 83.3 Å². The summed E-state index contributed by atoms with van der Waals surface area (Å²) in [7, 11) is 2.02. The standard InChI is InChI=1S/C12H23N/c1-6-7-8-9-12(3,4)10-11(2)13-5/h1,11,13H,7-10H2,2-5H3. The molecule has 0 saturated carbocycles. The first kappa shape index (κ1) is 12.5. The van der Waals surface area contributed by atoms with Crippen LogP contribution in [0.3, 0.4) is 0 Å². The Morgan fingerprint density at radius 2 is 2.08 bits per heavy atom. The number of nitrogens with one attached hydrogen (secondary N) is 1. The van der Waals surface area contributed by atoms with Crippen molar-refractivity contribution in [2.24, 2.45) is 5.41 Å². The Morgan fingerprint density at radius 3 is 2.54 bits per heavy atom. The molecule has 0 fully saturated rings. The Balaban J connectivity index is 3.73. The molecule has 0 spiro atoms. The number of rotatable bonds is 6. The fraction of sp³-hybridized carbons (Fsp3) is 0.833. The van der Waals surface area contributed by atoms with Crippen LogP contribution in [0.2, 0.25) is 0 Å². The van der Waals surface area contributed by atoms with Gasteiger partial charge in [-0.1, -0.05) is 13.8 Å². The van der Waals surface area contributed by atoms with E-state index in [4.69, 9.17) is 6.42 Å². The van der Waals surface area contributed by atoms with Crippen LogP contribution in [0.15, 0.2) is 0 Å². The van der Waals surface area contributed by atoms with Gasteiger partial charge in [-0.15, -0.1) is 12.3 Å². The molecule has 13 heavy (non-hydrogen) atoms. The smallest absolute Gasteiger partial charge is 0.00862 e. The third-order valence-electron chi connectivity index (χ3n) is 2.53. The molecule has 0 aromatic rings.